The number of thioether (sulfide) groups is 1. The van der Waals surface area contributed by atoms with E-state index in [-0.39, 0.29) is 6.04 Å². The summed E-state index contributed by atoms with van der Waals surface area (Å²) in [6.45, 7) is 2.77. The molecule has 0 amide bonds. The van der Waals surface area contributed by atoms with Crippen LogP contribution in [0, 0.1) is 0 Å². The lowest BCUT2D eigenvalue weighted by atomic mass is 10.0. The Kier molecular flexibility index (Phi) is 5.65. The smallest absolute Gasteiger partial charge is 0.0940 e. The van der Waals surface area contributed by atoms with Crippen molar-refractivity contribution in [1.29, 1.82) is 0 Å². The van der Waals surface area contributed by atoms with Gasteiger partial charge in [-0.3, -0.25) is 0 Å². The van der Waals surface area contributed by atoms with Crippen molar-refractivity contribution < 1.29 is 5.11 Å². The van der Waals surface area contributed by atoms with Gasteiger partial charge in [0.15, 0.2) is 0 Å². The summed E-state index contributed by atoms with van der Waals surface area (Å²) in [5.41, 5.74) is 2.18. The maximum atomic E-state index is 10.3. The molecule has 0 aliphatic carbocycles. The first-order valence-electron chi connectivity index (χ1n) is 6.80. The van der Waals surface area contributed by atoms with Gasteiger partial charge in [-0.05, 0) is 36.4 Å². The average molecular weight is 287 g/mol. The van der Waals surface area contributed by atoms with Crippen LogP contribution >= 0.6 is 11.8 Å². The Balaban J connectivity index is 1.89. The van der Waals surface area contributed by atoms with Crippen molar-refractivity contribution in [3.05, 3.63) is 65.7 Å². The van der Waals surface area contributed by atoms with Gasteiger partial charge >= 0.3 is 0 Å². The van der Waals surface area contributed by atoms with Gasteiger partial charge in [0.25, 0.3) is 0 Å². The Bertz CT molecular complexity index is 512. The zero-order valence-electron chi connectivity index (χ0n) is 11.9. The molecule has 0 bridgehead atoms. The van der Waals surface area contributed by atoms with Gasteiger partial charge in [-0.2, -0.15) is 0 Å². The Morgan fingerprint density at radius 2 is 1.70 bits per heavy atom. The molecule has 0 aromatic heterocycles. The first kappa shape index (κ1) is 15.1. The molecule has 2 aromatic carbocycles. The van der Waals surface area contributed by atoms with E-state index in [4.69, 9.17) is 0 Å². The Hall–Kier alpha value is -1.29. The normalized spacial score (nSPS) is 13.9. The predicted octanol–water partition coefficient (Wildman–Crippen LogP) is 3.62. The maximum Gasteiger partial charge on any atom is 0.0940 e. The van der Waals surface area contributed by atoms with Crippen LogP contribution in [-0.2, 0) is 6.54 Å². The van der Waals surface area contributed by atoms with Crippen molar-refractivity contribution in [3.63, 3.8) is 0 Å². The Morgan fingerprint density at radius 3 is 2.30 bits per heavy atom. The van der Waals surface area contributed by atoms with E-state index in [1.807, 2.05) is 37.3 Å². The molecule has 0 heterocycles. The van der Waals surface area contributed by atoms with Crippen molar-refractivity contribution >= 4 is 11.8 Å². The van der Waals surface area contributed by atoms with Crippen molar-refractivity contribution in [2.45, 2.75) is 30.5 Å². The lowest BCUT2D eigenvalue weighted by Gasteiger charge is -2.20. The third kappa shape index (κ3) is 4.10. The first-order valence-corrected chi connectivity index (χ1v) is 8.02. The van der Waals surface area contributed by atoms with Gasteiger partial charge in [0.2, 0.25) is 0 Å². The quantitative estimate of drug-likeness (QED) is 0.796. The fourth-order valence-corrected chi connectivity index (χ4v) is 2.48. The zero-order valence-corrected chi connectivity index (χ0v) is 12.7. The summed E-state index contributed by atoms with van der Waals surface area (Å²) in [6, 6.07) is 18.3. The molecular formula is C17H21NOS. The molecule has 0 aliphatic heterocycles. The topological polar surface area (TPSA) is 32.3 Å². The van der Waals surface area contributed by atoms with Crippen LogP contribution in [0.15, 0.2) is 59.5 Å². The largest absolute Gasteiger partial charge is 0.387 e. The highest BCUT2D eigenvalue weighted by molar-refractivity contribution is 7.98. The molecule has 0 fully saturated rings. The molecule has 0 saturated heterocycles. The van der Waals surface area contributed by atoms with Gasteiger partial charge in [-0.1, -0.05) is 42.5 Å². The molecule has 2 nitrogen and oxygen atoms in total. The number of hydrogen-bond donors (Lipinski definition) is 2. The van der Waals surface area contributed by atoms with E-state index < -0.39 is 6.10 Å². The molecule has 0 unspecified atom stereocenters. The van der Waals surface area contributed by atoms with E-state index in [1.54, 1.807) is 11.8 Å². The van der Waals surface area contributed by atoms with E-state index in [0.717, 1.165) is 12.1 Å². The molecule has 106 valence electrons. The highest BCUT2D eigenvalue weighted by atomic mass is 32.2. The van der Waals surface area contributed by atoms with E-state index in [2.05, 4.69) is 35.8 Å². The summed E-state index contributed by atoms with van der Waals surface area (Å²) in [7, 11) is 0. The van der Waals surface area contributed by atoms with Gasteiger partial charge in [0, 0.05) is 17.5 Å². The fraction of sp³-hybridized carbons (Fsp3) is 0.294. The third-order valence-electron chi connectivity index (χ3n) is 3.40. The zero-order chi connectivity index (χ0) is 14.4. The predicted molar refractivity (Wildman–Crippen MR) is 85.9 cm³/mol. The van der Waals surface area contributed by atoms with E-state index in [0.29, 0.717) is 0 Å². The van der Waals surface area contributed by atoms with Gasteiger partial charge < -0.3 is 10.4 Å². The maximum absolute atomic E-state index is 10.3. The van der Waals surface area contributed by atoms with Crippen molar-refractivity contribution in [3.8, 4) is 0 Å². The van der Waals surface area contributed by atoms with Crippen LogP contribution in [0.5, 0.6) is 0 Å². The summed E-state index contributed by atoms with van der Waals surface area (Å²) < 4.78 is 0. The summed E-state index contributed by atoms with van der Waals surface area (Å²) >= 11 is 1.74. The van der Waals surface area contributed by atoms with Crippen LogP contribution in [0.3, 0.4) is 0 Å². The van der Waals surface area contributed by atoms with Gasteiger partial charge in [0.05, 0.1) is 6.10 Å². The number of hydrogen-bond acceptors (Lipinski definition) is 3. The molecule has 2 N–H and O–H groups in total. The van der Waals surface area contributed by atoms with Crippen molar-refractivity contribution in [1.82, 2.24) is 5.32 Å². The van der Waals surface area contributed by atoms with Crippen LogP contribution in [-0.4, -0.2) is 17.4 Å². The SMILES string of the molecule is CSc1ccc(CN[C@H](C)[C@H](O)c2ccccc2)cc1. The molecule has 0 saturated carbocycles. The summed E-state index contributed by atoms with van der Waals surface area (Å²) in [4.78, 5) is 1.27. The second-order valence-corrected chi connectivity index (χ2v) is 5.75. The second kappa shape index (κ2) is 7.48. The Morgan fingerprint density at radius 1 is 1.05 bits per heavy atom. The molecule has 0 radical (unpaired) electrons. The highest BCUT2D eigenvalue weighted by Crippen LogP contribution is 2.17. The third-order valence-corrected chi connectivity index (χ3v) is 4.15. The molecule has 0 aliphatic rings. The molecule has 20 heavy (non-hydrogen) atoms. The molecule has 2 rings (SSSR count). The van der Waals surface area contributed by atoms with Crippen LogP contribution < -0.4 is 5.32 Å². The summed E-state index contributed by atoms with van der Waals surface area (Å²) in [5.74, 6) is 0. The number of nitrogens with one attached hydrogen (secondary N) is 1. The molecule has 0 spiro atoms. The minimum Gasteiger partial charge on any atom is -0.387 e. The van der Waals surface area contributed by atoms with Gasteiger partial charge in [0.1, 0.15) is 0 Å². The molecular weight excluding hydrogens is 266 g/mol. The molecule has 2 aromatic rings. The number of aliphatic hydroxyl groups is 1. The standard InChI is InChI=1S/C17H21NOS/c1-13(17(19)15-6-4-3-5-7-15)18-12-14-8-10-16(20-2)11-9-14/h3-11,13,17-19H,12H2,1-2H3/t13-,17+/m1/s1. The number of rotatable bonds is 6. The Labute approximate surface area is 125 Å². The average Bonchev–Trinajstić information content (AvgIpc) is 2.53. The van der Waals surface area contributed by atoms with Crippen molar-refractivity contribution in [2.75, 3.05) is 6.26 Å². The summed E-state index contributed by atoms with van der Waals surface area (Å²) in [5, 5.41) is 13.7. The van der Waals surface area contributed by atoms with Crippen LogP contribution in [0.2, 0.25) is 0 Å². The second-order valence-electron chi connectivity index (χ2n) is 4.87. The minimum atomic E-state index is -0.485. The van der Waals surface area contributed by atoms with Crippen molar-refractivity contribution in [2.24, 2.45) is 0 Å². The van der Waals surface area contributed by atoms with Crippen LogP contribution in [0.25, 0.3) is 0 Å². The van der Waals surface area contributed by atoms with E-state index in [1.165, 1.54) is 10.5 Å². The lowest BCUT2D eigenvalue weighted by molar-refractivity contribution is 0.135. The number of benzene rings is 2. The van der Waals surface area contributed by atoms with Gasteiger partial charge in [-0.25, -0.2) is 0 Å². The monoisotopic (exact) mass is 287 g/mol. The highest BCUT2D eigenvalue weighted by Gasteiger charge is 2.15. The first-order chi connectivity index (χ1) is 9.70. The fourth-order valence-electron chi connectivity index (χ4n) is 2.07. The lowest BCUT2D eigenvalue weighted by Crippen LogP contribution is -2.31. The van der Waals surface area contributed by atoms with Crippen LogP contribution in [0.4, 0.5) is 0 Å². The molecule has 2 atom stereocenters. The minimum absolute atomic E-state index is 0.0117. The van der Waals surface area contributed by atoms with E-state index >= 15 is 0 Å². The van der Waals surface area contributed by atoms with E-state index in [9.17, 15) is 5.11 Å². The molecule has 3 heteroatoms. The van der Waals surface area contributed by atoms with Gasteiger partial charge in [-0.15, -0.1) is 11.8 Å². The number of aliphatic hydroxyl groups excluding tert-OH is 1. The summed E-state index contributed by atoms with van der Waals surface area (Å²) in [6.07, 6.45) is 1.59. The van der Waals surface area contributed by atoms with Crippen LogP contribution in [0.1, 0.15) is 24.2 Å².